The Morgan fingerprint density at radius 2 is 2.11 bits per heavy atom. The highest BCUT2D eigenvalue weighted by Gasteiger charge is 2.62. The van der Waals surface area contributed by atoms with Crippen LogP contribution in [-0.2, 0) is 16.0 Å². The molecule has 8 nitrogen and oxygen atoms in total. The molecule has 0 aromatic heterocycles. The van der Waals surface area contributed by atoms with Crippen LogP contribution < -0.4 is 10.2 Å². The zero-order chi connectivity index (χ0) is 19.5. The van der Waals surface area contributed by atoms with E-state index in [4.69, 9.17) is 12.2 Å². The van der Waals surface area contributed by atoms with Gasteiger partial charge in [-0.15, -0.1) is 0 Å². The summed E-state index contributed by atoms with van der Waals surface area (Å²) in [5.41, 5.74) is 0.174. The molecule has 142 valence electrons. The molecule has 1 aromatic rings. The highest BCUT2D eigenvalue weighted by Crippen LogP contribution is 2.49. The first kappa shape index (κ1) is 17.8. The number of fused-ring (bicyclic) bond motifs is 4. The Kier molecular flexibility index (Phi) is 3.95. The minimum absolute atomic E-state index is 0.0403. The van der Waals surface area contributed by atoms with Crippen LogP contribution in [0, 0.1) is 15.5 Å². The summed E-state index contributed by atoms with van der Waals surface area (Å²) in [5, 5.41) is 14.1. The average molecular weight is 388 g/mol. The van der Waals surface area contributed by atoms with E-state index in [0.29, 0.717) is 18.5 Å². The van der Waals surface area contributed by atoms with Crippen LogP contribution in [0.25, 0.3) is 0 Å². The van der Waals surface area contributed by atoms with Crippen LogP contribution >= 0.6 is 12.2 Å². The third-order valence-corrected chi connectivity index (χ3v) is 6.13. The van der Waals surface area contributed by atoms with E-state index in [9.17, 15) is 19.7 Å². The first-order chi connectivity index (χ1) is 12.8. The largest absolute Gasteiger partial charge is 0.367 e. The second-order valence-electron chi connectivity index (χ2n) is 7.60. The maximum atomic E-state index is 13.6. The number of thiocarbonyl (C=S) groups is 1. The van der Waals surface area contributed by atoms with Gasteiger partial charge in [0.2, 0.25) is 11.8 Å². The summed E-state index contributed by atoms with van der Waals surface area (Å²) < 4.78 is 0. The Labute approximate surface area is 161 Å². The van der Waals surface area contributed by atoms with Gasteiger partial charge in [0.15, 0.2) is 10.5 Å². The number of nitro groups is 1. The van der Waals surface area contributed by atoms with Crippen molar-refractivity contribution in [3.63, 3.8) is 0 Å². The van der Waals surface area contributed by atoms with Crippen molar-refractivity contribution in [2.45, 2.75) is 45.2 Å². The van der Waals surface area contributed by atoms with Crippen LogP contribution in [0.4, 0.5) is 11.4 Å². The van der Waals surface area contributed by atoms with Gasteiger partial charge in [0.25, 0.3) is 5.69 Å². The number of carbonyl (C=O) groups excluding carboxylic acids is 2. The summed E-state index contributed by atoms with van der Waals surface area (Å²) in [6.45, 7) is 4.41. The molecule has 3 aliphatic rings. The first-order valence-corrected chi connectivity index (χ1v) is 9.41. The second kappa shape index (κ2) is 5.98. The third kappa shape index (κ3) is 2.37. The van der Waals surface area contributed by atoms with Gasteiger partial charge in [-0.25, -0.2) is 0 Å². The van der Waals surface area contributed by atoms with E-state index < -0.39 is 16.2 Å². The van der Waals surface area contributed by atoms with Gasteiger partial charge in [-0.2, -0.15) is 0 Å². The van der Waals surface area contributed by atoms with Crippen LogP contribution in [-0.4, -0.2) is 45.4 Å². The topological polar surface area (TPSA) is 95.8 Å². The number of amides is 2. The first-order valence-electron chi connectivity index (χ1n) is 9.00. The van der Waals surface area contributed by atoms with Gasteiger partial charge in [0, 0.05) is 36.8 Å². The van der Waals surface area contributed by atoms with E-state index in [1.807, 2.05) is 13.8 Å². The van der Waals surface area contributed by atoms with Crippen molar-refractivity contribution in [1.29, 1.82) is 0 Å². The molecule has 2 saturated heterocycles. The molecule has 1 aromatic carbocycles. The van der Waals surface area contributed by atoms with Gasteiger partial charge in [-0.1, -0.05) is 0 Å². The molecular weight excluding hydrogens is 368 g/mol. The molecule has 0 aliphatic carbocycles. The quantitative estimate of drug-likeness (QED) is 0.359. The van der Waals surface area contributed by atoms with Crippen molar-refractivity contribution < 1.29 is 14.5 Å². The van der Waals surface area contributed by atoms with Crippen LogP contribution in [0.2, 0.25) is 0 Å². The molecule has 0 bridgehead atoms. The summed E-state index contributed by atoms with van der Waals surface area (Å²) in [6.07, 6.45) is 1.71. The Bertz CT molecular complexity index is 886. The Morgan fingerprint density at radius 1 is 1.37 bits per heavy atom. The minimum Gasteiger partial charge on any atom is -0.367 e. The molecule has 3 aliphatic heterocycles. The lowest BCUT2D eigenvalue weighted by molar-refractivity contribution is -0.384. The van der Waals surface area contributed by atoms with Crippen molar-refractivity contribution >= 4 is 40.5 Å². The smallest absolute Gasteiger partial charge is 0.269 e. The van der Waals surface area contributed by atoms with E-state index >= 15 is 0 Å². The standard InChI is InChI=1S/C18H20N4O4S/c1-10(2)21-16(24)18(15(23)19-17(21)27)9-11-8-12(22(25)26)5-6-13(11)20-7-3-4-14(18)20/h5-6,8,10,14H,3-4,7,9H2,1-2H3,(H,19,23,27)/t14-,18-/m0/s1. The van der Waals surface area contributed by atoms with Crippen molar-refractivity contribution in [3.8, 4) is 0 Å². The van der Waals surface area contributed by atoms with Crippen molar-refractivity contribution in [2.75, 3.05) is 11.4 Å². The summed E-state index contributed by atoms with van der Waals surface area (Å²) in [5.74, 6) is -0.705. The number of hydrogen-bond acceptors (Lipinski definition) is 6. The molecule has 9 heteroatoms. The number of nitrogens with zero attached hydrogens (tertiary/aromatic N) is 3. The minimum atomic E-state index is -1.31. The van der Waals surface area contributed by atoms with E-state index in [-0.39, 0.29) is 35.2 Å². The Morgan fingerprint density at radius 3 is 2.78 bits per heavy atom. The van der Waals surface area contributed by atoms with Gasteiger partial charge >= 0.3 is 0 Å². The molecular formula is C18H20N4O4S. The van der Waals surface area contributed by atoms with Gasteiger partial charge in [-0.3, -0.25) is 24.6 Å². The predicted molar refractivity (Wildman–Crippen MR) is 102 cm³/mol. The summed E-state index contributed by atoms with van der Waals surface area (Å²) in [4.78, 5) is 41.0. The van der Waals surface area contributed by atoms with Gasteiger partial charge in [-0.05, 0) is 50.5 Å². The normalized spacial score (nSPS) is 27.1. The van der Waals surface area contributed by atoms with Crippen LogP contribution in [0.15, 0.2) is 18.2 Å². The van der Waals surface area contributed by atoms with Gasteiger partial charge < -0.3 is 10.2 Å². The molecule has 2 fully saturated rings. The van der Waals surface area contributed by atoms with Crippen molar-refractivity contribution in [3.05, 3.63) is 33.9 Å². The fourth-order valence-corrected chi connectivity index (χ4v) is 5.07. The molecule has 4 rings (SSSR count). The van der Waals surface area contributed by atoms with Gasteiger partial charge in [0.05, 0.1) is 11.0 Å². The van der Waals surface area contributed by atoms with Gasteiger partial charge in [0.1, 0.15) is 0 Å². The molecule has 0 unspecified atom stereocenters. The van der Waals surface area contributed by atoms with Crippen molar-refractivity contribution in [2.24, 2.45) is 5.41 Å². The number of hydrogen-bond donors (Lipinski definition) is 1. The third-order valence-electron chi connectivity index (χ3n) is 5.84. The number of benzene rings is 1. The average Bonchev–Trinajstić information content (AvgIpc) is 3.09. The number of carbonyl (C=O) groups is 2. The monoisotopic (exact) mass is 388 g/mol. The maximum Gasteiger partial charge on any atom is 0.269 e. The number of nitrogens with one attached hydrogen (secondary N) is 1. The lowest BCUT2D eigenvalue weighted by atomic mass is 9.68. The van der Waals surface area contributed by atoms with E-state index in [0.717, 1.165) is 12.1 Å². The molecule has 2 amide bonds. The zero-order valence-corrected chi connectivity index (χ0v) is 15.9. The lowest BCUT2D eigenvalue weighted by Crippen LogP contribution is -2.72. The SMILES string of the molecule is CC(C)N1C(=O)[C@]2(Cc3cc([N+](=O)[O-])ccc3N3CCC[C@H]32)C(=O)NC1=S. The number of rotatable bonds is 2. The molecule has 2 atom stereocenters. The number of non-ortho nitro benzene ring substituents is 1. The molecule has 1 spiro atoms. The van der Waals surface area contributed by atoms with E-state index in [1.54, 1.807) is 6.07 Å². The Balaban J connectivity index is 1.88. The van der Waals surface area contributed by atoms with Crippen molar-refractivity contribution in [1.82, 2.24) is 10.2 Å². The lowest BCUT2D eigenvalue weighted by Gasteiger charge is -2.50. The molecule has 0 saturated carbocycles. The second-order valence-corrected chi connectivity index (χ2v) is 7.98. The number of anilines is 1. The molecule has 3 heterocycles. The molecule has 0 radical (unpaired) electrons. The zero-order valence-electron chi connectivity index (χ0n) is 15.1. The highest BCUT2D eigenvalue weighted by molar-refractivity contribution is 7.80. The fraction of sp³-hybridized carbons (Fsp3) is 0.500. The number of nitro benzene ring substituents is 1. The summed E-state index contributed by atoms with van der Waals surface area (Å²) in [7, 11) is 0. The fourth-order valence-electron chi connectivity index (χ4n) is 4.68. The molecule has 1 N–H and O–H groups in total. The summed E-state index contributed by atoms with van der Waals surface area (Å²) >= 11 is 5.23. The molecule has 27 heavy (non-hydrogen) atoms. The van der Waals surface area contributed by atoms with Crippen LogP contribution in [0.3, 0.4) is 0 Å². The van der Waals surface area contributed by atoms with E-state index in [2.05, 4.69) is 10.2 Å². The maximum absolute atomic E-state index is 13.6. The Hall–Kier alpha value is -2.55. The summed E-state index contributed by atoms with van der Waals surface area (Å²) in [6, 6.07) is 4.23. The predicted octanol–water partition coefficient (Wildman–Crippen LogP) is 1.76. The van der Waals surface area contributed by atoms with E-state index in [1.165, 1.54) is 17.0 Å². The van der Waals surface area contributed by atoms with Crippen LogP contribution in [0.5, 0.6) is 0 Å². The van der Waals surface area contributed by atoms with Crippen LogP contribution in [0.1, 0.15) is 32.3 Å². The highest BCUT2D eigenvalue weighted by atomic mass is 32.1.